The number of urea groups is 1. The fourth-order valence-electron chi connectivity index (χ4n) is 3.49. The van der Waals surface area contributed by atoms with Gasteiger partial charge < -0.3 is 14.6 Å². The van der Waals surface area contributed by atoms with E-state index < -0.39 is 0 Å². The summed E-state index contributed by atoms with van der Waals surface area (Å²) in [6, 6.07) is 13.5. The zero-order valence-corrected chi connectivity index (χ0v) is 14.7. The number of furan rings is 1. The van der Waals surface area contributed by atoms with E-state index in [0.29, 0.717) is 12.5 Å². The molecule has 1 aromatic carbocycles. The third-order valence-corrected chi connectivity index (χ3v) is 4.85. The van der Waals surface area contributed by atoms with Gasteiger partial charge in [-0.05, 0) is 50.1 Å². The summed E-state index contributed by atoms with van der Waals surface area (Å²) >= 11 is 0. The van der Waals surface area contributed by atoms with Crippen molar-refractivity contribution in [1.82, 2.24) is 15.1 Å². The number of aromatic amines is 1. The SMILES string of the molecule is Cc1ccc(-c2ccccc2NC(=O)N2CCC[C@@H](c3ccn[nH]3)C2)o1. The Morgan fingerprint density at radius 2 is 2.15 bits per heavy atom. The standard InChI is InChI=1S/C20H22N4O2/c1-14-8-9-19(26-14)16-6-2-3-7-18(16)22-20(25)24-12-4-5-15(13-24)17-10-11-21-23-17/h2-3,6-11,15H,4-5,12-13H2,1H3,(H,21,23)(H,22,25)/t15-/m1/s1. The first-order chi connectivity index (χ1) is 12.7. The normalized spacial score (nSPS) is 17.3. The molecule has 134 valence electrons. The Kier molecular flexibility index (Phi) is 4.48. The number of nitrogens with zero attached hydrogens (tertiary/aromatic N) is 2. The highest BCUT2D eigenvalue weighted by Crippen LogP contribution is 2.30. The maximum absolute atomic E-state index is 12.8. The van der Waals surface area contributed by atoms with Gasteiger partial charge in [0.05, 0.1) is 5.69 Å². The van der Waals surface area contributed by atoms with E-state index in [9.17, 15) is 4.79 Å². The molecule has 1 fully saturated rings. The number of hydrogen-bond donors (Lipinski definition) is 2. The molecule has 1 aliphatic rings. The number of amides is 2. The Hall–Kier alpha value is -3.02. The number of carbonyl (C=O) groups is 1. The Morgan fingerprint density at radius 1 is 1.27 bits per heavy atom. The van der Waals surface area contributed by atoms with Crippen LogP contribution in [0.2, 0.25) is 0 Å². The molecule has 0 unspecified atom stereocenters. The number of hydrogen-bond acceptors (Lipinski definition) is 3. The highest BCUT2D eigenvalue weighted by molar-refractivity contribution is 5.94. The monoisotopic (exact) mass is 350 g/mol. The van der Waals surface area contributed by atoms with Gasteiger partial charge in [0.2, 0.25) is 0 Å². The Labute approximate surface area is 152 Å². The highest BCUT2D eigenvalue weighted by Gasteiger charge is 2.26. The molecule has 1 atom stereocenters. The van der Waals surface area contributed by atoms with E-state index in [0.717, 1.165) is 47.9 Å². The number of H-pyrrole nitrogens is 1. The molecule has 26 heavy (non-hydrogen) atoms. The summed E-state index contributed by atoms with van der Waals surface area (Å²) in [5, 5.41) is 10.1. The van der Waals surface area contributed by atoms with Crippen LogP contribution in [-0.4, -0.2) is 34.2 Å². The summed E-state index contributed by atoms with van der Waals surface area (Å²) in [6.45, 7) is 3.36. The average Bonchev–Trinajstić information content (AvgIpc) is 3.34. The molecule has 1 aliphatic heterocycles. The molecular formula is C20H22N4O2. The van der Waals surface area contributed by atoms with Gasteiger partial charge in [-0.15, -0.1) is 0 Å². The van der Waals surface area contributed by atoms with Crippen molar-refractivity contribution in [2.75, 3.05) is 18.4 Å². The molecule has 0 aliphatic carbocycles. The number of aryl methyl sites for hydroxylation is 1. The molecule has 3 heterocycles. The number of nitrogens with one attached hydrogen (secondary N) is 2. The molecule has 0 spiro atoms. The van der Waals surface area contributed by atoms with Crippen LogP contribution in [0.3, 0.4) is 0 Å². The molecule has 0 bridgehead atoms. The van der Waals surface area contributed by atoms with E-state index in [2.05, 4.69) is 15.5 Å². The second kappa shape index (κ2) is 7.07. The lowest BCUT2D eigenvalue weighted by molar-refractivity contribution is 0.192. The average molecular weight is 350 g/mol. The second-order valence-electron chi connectivity index (χ2n) is 6.68. The fraction of sp³-hybridized carbons (Fsp3) is 0.300. The van der Waals surface area contributed by atoms with Gasteiger partial charge in [0.1, 0.15) is 11.5 Å². The molecule has 2 amide bonds. The number of benzene rings is 1. The predicted molar refractivity (Wildman–Crippen MR) is 100 cm³/mol. The predicted octanol–water partition coefficient (Wildman–Crippen LogP) is 4.39. The van der Waals surface area contributed by atoms with Crippen LogP contribution in [0.15, 0.2) is 53.1 Å². The van der Waals surface area contributed by atoms with Gasteiger partial charge in [-0.25, -0.2) is 4.79 Å². The first-order valence-corrected chi connectivity index (χ1v) is 8.92. The Morgan fingerprint density at radius 3 is 2.92 bits per heavy atom. The van der Waals surface area contributed by atoms with Crippen molar-refractivity contribution in [2.45, 2.75) is 25.7 Å². The quantitative estimate of drug-likeness (QED) is 0.736. The van der Waals surface area contributed by atoms with Gasteiger partial charge in [0, 0.05) is 36.5 Å². The number of para-hydroxylation sites is 1. The van der Waals surface area contributed by atoms with Gasteiger partial charge in [-0.3, -0.25) is 5.10 Å². The first kappa shape index (κ1) is 16.4. The van der Waals surface area contributed by atoms with Crippen molar-refractivity contribution in [3.63, 3.8) is 0 Å². The molecule has 2 N–H and O–H groups in total. The topological polar surface area (TPSA) is 74.2 Å². The molecule has 3 aromatic rings. The zero-order valence-electron chi connectivity index (χ0n) is 14.7. The van der Waals surface area contributed by atoms with E-state index in [1.165, 1.54) is 0 Å². The minimum absolute atomic E-state index is 0.0788. The highest BCUT2D eigenvalue weighted by atomic mass is 16.3. The second-order valence-corrected chi connectivity index (χ2v) is 6.68. The third-order valence-electron chi connectivity index (χ3n) is 4.85. The number of aromatic nitrogens is 2. The van der Waals surface area contributed by atoms with E-state index in [-0.39, 0.29) is 6.03 Å². The lowest BCUT2D eigenvalue weighted by Crippen LogP contribution is -2.41. The van der Waals surface area contributed by atoms with Gasteiger partial charge in [0.15, 0.2) is 0 Å². The molecule has 1 saturated heterocycles. The summed E-state index contributed by atoms with van der Waals surface area (Å²) in [6.07, 6.45) is 3.81. The molecule has 0 saturated carbocycles. The van der Waals surface area contributed by atoms with Crippen LogP contribution >= 0.6 is 0 Å². The first-order valence-electron chi connectivity index (χ1n) is 8.92. The summed E-state index contributed by atoms with van der Waals surface area (Å²) < 4.78 is 5.73. The van der Waals surface area contributed by atoms with Gasteiger partial charge in [-0.2, -0.15) is 5.10 Å². The van der Waals surface area contributed by atoms with Crippen LogP contribution in [0.1, 0.15) is 30.2 Å². The molecule has 4 rings (SSSR count). The van der Waals surface area contributed by atoms with Crippen LogP contribution in [0.5, 0.6) is 0 Å². The summed E-state index contributed by atoms with van der Waals surface area (Å²) in [4.78, 5) is 14.7. The lowest BCUT2D eigenvalue weighted by atomic mass is 9.95. The Balaban J connectivity index is 1.50. The third kappa shape index (κ3) is 3.35. The smallest absolute Gasteiger partial charge is 0.321 e. The maximum atomic E-state index is 12.8. The van der Waals surface area contributed by atoms with Crippen LogP contribution in [0.4, 0.5) is 10.5 Å². The van der Waals surface area contributed by atoms with Crippen LogP contribution in [-0.2, 0) is 0 Å². The van der Waals surface area contributed by atoms with Gasteiger partial charge in [-0.1, -0.05) is 12.1 Å². The van der Waals surface area contributed by atoms with E-state index >= 15 is 0 Å². The van der Waals surface area contributed by atoms with Crippen LogP contribution < -0.4 is 5.32 Å². The summed E-state index contributed by atoms with van der Waals surface area (Å²) in [5.41, 5.74) is 2.74. The molecule has 6 nitrogen and oxygen atoms in total. The summed E-state index contributed by atoms with van der Waals surface area (Å²) in [7, 11) is 0. The molecule has 6 heteroatoms. The van der Waals surface area contributed by atoms with Crippen molar-refractivity contribution in [1.29, 1.82) is 0 Å². The largest absolute Gasteiger partial charge is 0.461 e. The number of carbonyl (C=O) groups excluding carboxylic acids is 1. The number of anilines is 1. The Bertz CT molecular complexity index is 885. The zero-order chi connectivity index (χ0) is 17.9. The van der Waals surface area contributed by atoms with Crippen molar-refractivity contribution in [3.8, 4) is 11.3 Å². The van der Waals surface area contributed by atoms with Gasteiger partial charge in [0.25, 0.3) is 0 Å². The fourth-order valence-corrected chi connectivity index (χ4v) is 3.49. The van der Waals surface area contributed by atoms with Gasteiger partial charge >= 0.3 is 6.03 Å². The molecule has 2 aromatic heterocycles. The van der Waals surface area contributed by atoms with Crippen molar-refractivity contribution < 1.29 is 9.21 Å². The molecular weight excluding hydrogens is 328 g/mol. The van der Waals surface area contributed by atoms with Crippen molar-refractivity contribution in [2.24, 2.45) is 0 Å². The molecule has 0 radical (unpaired) electrons. The van der Waals surface area contributed by atoms with Crippen molar-refractivity contribution >= 4 is 11.7 Å². The minimum Gasteiger partial charge on any atom is -0.461 e. The van der Waals surface area contributed by atoms with Crippen molar-refractivity contribution in [3.05, 3.63) is 60.1 Å². The number of piperidine rings is 1. The van der Waals surface area contributed by atoms with E-state index in [1.807, 2.05) is 54.3 Å². The number of likely N-dealkylation sites (tertiary alicyclic amines) is 1. The number of rotatable bonds is 3. The summed E-state index contributed by atoms with van der Waals surface area (Å²) in [5.74, 6) is 1.91. The van der Waals surface area contributed by atoms with Crippen LogP contribution in [0.25, 0.3) is 11.3 Å². The maximum Gasteiger partial charge on any atom is 0.321 e. The van der Waals surface area contributed by atoms with E-state index in [4.69, 9.17) is 4.42 Å². The van der Waals surface area contributed by atoms with Crippen LogP contribution in [0, 0.1) is 6.92 Å². The minimum atomic E-state index is -0.0788. The lowest BCUT2D eigenvalue weighted by Gasteiger charge is -2.32. The van der Waals surface area contributed by atoms with E-state index in [1.54, 1.807) is 6.20 Å².